The molecule has 0 saturated heterocycles. The molecule has 0 unspecified atom stereocenters. The van der Waals surface area contributed by atoms with Crippen molar-refractivity contribution in [3.05, 3.63) is 64.7 Å². The molecule has 0 atom stereocenters. The molecular weight excluding hydrogens is 284 g/mol. The number of nitrogens with one attached hydrogen (secondary N) is 1. The highest BCUT2D eigenvalue weighted by Gasteiger charge is 2.14. The van der Waals surface area contributed by atoms with E-state index >= 15 is 0 Å². The van der Waals surface area contributed by atoms with Crippen LogP contribution in [-0.4, -0.2) is 8.42 Å². The standard InChI is InChI=1S/C16H16N2O2S/c1-12-6-13(2)8-15(7-12)11-18-21(19,20)16-5-3-4-14(9-16)10-17/h3-9,18H,11H2,1-2H3. The molecule has 0 aliphatic carbocycles. The van der Waals surface area contributed by atoms with E-state index in [0.717, 1.165) is 16.7 Å². The number of nitrogens with zero attached hydrogens (tertiary/aromatic N) is 1. The third-order valence-electron chi connectivity index (χ3n) is 3.02. The zero-order valence-corrected chi connectivity index (χ0v) is 12.7. The van der Waals surface area contributed by atoms with E-state index < -0.39 is 10.0 Å². The van der Waals surface area contributed by atoms with Crippen LogP contribution in [-0.2, 0) is 16.6 Å². The van der Waals surface area contributed by atoms with Gasteiger partial charge >= 0.3 is 0 Å². The summed E-state index contributed by atoms with van der Waals surface area (Å²) in [6.45, 7) is 4.17. The Hall–Kier alpha value is -2.16. The fraction of sp³-hybridized carbons (Fsp3) is 0.188. The maximum atomic E-state index is 12.2. The predicted molar refractivity (Wildman–Crippen MR) is 81.1 cm³/mol. The van der Waals surface area contributed by atoms with Crippen LogP contribution in [0.25, 0.3) is 0 Å². The number of benzene rings is 2. The Morgan fingerprint density at radius 1 is 1.10 bits per heavy atom. The quantitative estimate of drug-likeness (QED) is 0.943. The number of nitriles is 1. The summed E-state index contributed by atoms with van der Waals surface area (Å²) in [5.74, 6) is 0. The van der Waals surface area contributed by atoms with Crippen molar-refractivity contribution in [1.29, 1.82) is 5.26 Å². The van der Waals surface area contributed by atoms with E-state index in [0.29, 0.717) is 5.56 Å². The summed E-state index contributed by atoms with van der Waals surface area (Å²) in [6, 6.07) is 13.8. The molecule has 21 heavy (non-hydrogen) atoms. The maximum absolute atomic E-state index is 12.2. The van der Waals surface area contributed by atoms with Gasteiger partial charge in [-0.2, -0.15) is 5.26 Å². The van der Waals surface area contributed by atoms with Gasteiger partial charge in [-0.3, -0.25) is 0 Å². The van der Waals surface area contributed by atoms with E-state index in [1.807, 2.05) is 38.1 Å². The van der Waals surface area contributed by atoms with Gasteiger partial charge in [-0.15, -0.1) is 0 Å². The molecule has 0 saturated carbocycles. The Morgan fingerprint density at radius 2 is 1.76 bits per heavy atom. The smallest absolute Gasteiger partial charge is 0.207 e. The lowest BCUT2D eigenvalue weighted by Gasteiger charge is -2.08. The fourth-order valence-corrected chi connectivity index (χ4v) is 3.23. The van der Waals surface area contributed by atoms with Crippen molar-refractivity contribution in [1.82, 2.24) is 4.72 Å². The number of aryl methyl sites for hydroxylation is 2. The van der Waals surface area contributed by atoms with Gasteiger partial charge in [0.05, 0.1) is 16.5 Å². The molecule has 4 nitrogen and oxygen atoms in total. The Balaban J connectivity index is 2.19. The molecule has 0 radical (unpaired) electrons. The first kappa shape index (κ1) is 15.2. The average Bonchev–Trinajstić information content (AvgIpc) is 2.44. The van der Waals surface area contributed by atoms with E-state index in [9.17, 15) is 8.42 Å². The second-order valence-corrected chi connectivity index (χ2v) is 6.73. The molecule has 0 fully saturated rings. The monoisotopic (exact) mass is 300 g/mol. The fourth-order valence-electron chi connectivity index (χ4n) is 2.17. The van der Waals surface area contributed by atoms with E-state index in [4.69, 9.17) is 5.26 Å². The third-order valence-corrected chi connectivity index (χ3v) is 4.42. The first-order chi connectivity index (χ1) is 9.90. The molecule has 0 aliphatic rings. The lowest BCUT2D eigenvalue weighted by atomic mass is 10.1. The Morgan fingerprint density at radius 3 is 2.38 bits per heavy atom. The molecule has 0 heterocycles. The Kier molecular flexibility index (Phi) is 4.41. The molecule has 2 rings (SSSR count). The molecule has 0 aliphatic heterocycles. The highest BCUT2D eigenvalue weighted by molar-refractivity contribution is 7.89. The molecule has 5 heteroatoms. The lowest BCUT2D eigenvalue weighted by molar-refractivity contribution is 0.581. The number of hydrogen-bond donors (Lipinski definition) is 1. The van der Waals surface area contributed by atoms with Crippen LogP contribution in [0.2, 0.25) is 0 Å². The first-order valence-electron chi connectivity index (χ1n) is 6.48. The van der Waals surface area contributed by atoms with Crippen molar-refractivity contribution in [2.75, 3.05) is 0 Å². The van der Waals surface area contributed by atoms with Crippen molar-refractivity contribution in [2.24, 2.45) is 0 Å². The van der Waals surface area contributed by atoms with Gasteiger partial charge in [0.1, 0.15) is 0 Å². The van der Waals surface area contributed by atoms with Gasteiger partial charge in [0, 0.05) is 6.54 Å². The number of sulfonamides is 1. The molecule has 0 amide bonds. The summed E-state index contributed by atoms with van der Waals surface area (Å²) in [4.78, 5) is 0.103. The SMILES string of the molecule is Cc1cc(C)cc(CNS(=O)(=O)c2cccc(C#N)c2)c1. The summed E-state index contributed by atoms with van der Waals surface area (Å²) in [7, 11) is -3.62. The Labute approximate surface area is 125 Å². The topological polar surface area (TPSA) is 70.0 Å². The van der Waals surface area contributed by atoms with Crippen LogP contribution in [0.15, 0.2) is 47.4 Å². The van der Waals surface area contributed by atoms with Crippen molar-refractivity contribution in [2.45, 2.75) is 25.3 Å². The summed E-state index contributed by atoms with van der Waals surface area (Å²) < 4.78 is 27.0. The average molecular weight is 300 g/mol. The van der Waals surface area contributed by atoms with Crippen molar-refractivity contribution in [3.63, 3.8) is 0 Å². The van der Waals surface area contributed by atoms with Crippen LogP contribution < -0.4 is 4.72 Å². The van der Waals surface area contributed by atoms with Gasteiger partial charge < -0.3 is 0 Å². The molecule has 2 aromatic carbocycles. The van der Waals surface area contributed by atoms with Gasteiger partial charge in [0.25, 0.3) is 0 Å². The molecule has 0 spiro atoms. The zero-order chi connectivity index (χ0) is 15.5. The summed E-state index contributed by atoms with van der Waals surface area (Å²) in [6.07, 6.45) is 0. The maximum Gasteiger partial charge on any atom is 0.240 e. The van der Waals surface area contributed by atoms with Crippen molar-refractivity contribution in [3.8, 4) is 6.07 Å². The van der Waals surface area contributed by atoms with E-state index in [2.05, 4.69) is 4.72 Å². The summed E-state index contributed by atoms with van der Waals surface area (Å²) in [5, 5.41) is 8.83. The van der Waals surface area contributed by atoms with Crippen LogP contribution in [0.1, 0.15) is 22.3 Å². The normalized spacial score (nSPS) is 11.1. The van der Waals surface area contributed by atoms with E-state index in [1.54, 1.807) is 12.1 Å². The zero-order valence-electron chi connectivity index (χ0n) is 11.9. The van der Waals surface area contributed by atoms with Crippen LogP contribution in [0.4, 0.5) is 0 Å². The molecule has 0 aromatic heterocycles. The van der Waals surface area contributed by atoms with Crippen molar-refractivity contribution >= 4 is 10.0 Å². The summed E-state index contributed by atoms with van der Waals surface area (Å²) >= 11 is 0. The minimum Gasteiger partial charge on any atom is -0.207 e. The largest absolute Gasteiger partial charge is 0.240 e. The Bertz CT molecular complexity index is 785. The predicted octanol–water partition coefficient (Wildman–Crippen LogP) is 2.65. The second-order valence-electron chi connectivity index (χ2n) is 4.96. The number of hydrogen-bond acceptors (Lipinski definition) is 3. The van der Waals surface area contributed by atoms with Gasteiger partial charge in [-0.25, -0.2) is 13.1 Å². The molecule has 108 valence electrons. The molecule has 2 aromatic rings. The van der Waals surface area contributed by atoms with E-state index in [-0.39, 0.29) is 11.4 Å². The van der Waals surface area contributed by atoms with E-state index in [1.165, 1.54) is 12.1 Å². The minimum atomic E-state index is -3.62. The van der Waals surface area contributed by atoms with Crippen LogP contribution in [0, 0.1) is 25.2 Å². The van der Waals surface area contributed by atoms with Crippen LogP contribution in [0.3, 0.4) is 0 Å². The summed E-state index contributed by atoms with van der Waals surface area (Å²) in [5.41, 5.74) is 3.42. The van der Waals surface area contributed by atoms with Gasteiger partial charge in [-0.05, 0) is 37.6 Å². The second kappa shape index (κ2) is 6.08. The van der Waals surface area contributed by atoms with Crippen LogP contribution >= 0.6 is 0 Å². The third kappa shape index (κ3) is 3.91. The van der Waals surface area contributed by atoms with Gasteiger partial charge in [-0.1, -0.05) is 35.4 Å². The highest BCUT2D eigenvalue weighted by Crippen LogP contribution is 2.13. The molecule has 1 N–H and O–H groups in total. The highest BCUT2D eigenvalue weighted by atomic mass is 32.2. The number of rotatable bonds is 4. The lowest BCUT2D eigenvalue weighted by Crippen LogP contribution is -2.23. The van der Waals surface area contributed by atoms with Gasteiger partial charge in [0.2, 0.25) is 10.0 Å². The molecular formula is C16H16N2O2S. The minimum absolute atomic E-state index is 0.103. The first-order valence-corrected chi connectivity index (χ1v) is 7.96. The van der Waals surface area contributed by atoms with Gasteiger partial charge in [0.15, 0.2) is 0 Å². The van der Waals surface area contributed by atoms with Crippen molar-refractivity contribution < 1.29 is 8.42 Å². The van der Waals surface area contributed by atoms with Crippen LogP contribution in [0.5, 0.6) is 0 Å². The molecule has 0 bridgehead atoms.